The van der Waals surface area contributed by atoms with Crippen molar-refractivity contribution in [1.82, 2.24) is 4.90 Å². The minimum Gasteiger partial charge on any atom is -0.462 e. The van der Waals surface area contributed by atoms with Crippen molar-refractivity contribution in [2.45, 2.75) is 51.3 Å². The molecule has 4 atom stereocenters. The second kappa shape index (κ2) is 5.57. The molecule has 0 amide bonds. The van der Waals surface area contributed by atoms with Crippen LogP contribution in [0.25, 0.3) is 0 Å². The van der Waals surface area contributed by atoms with Gasteiger partial charge in [0.25, 0.3) is 0 Å². The van der Waals surface area contributed by atoms with Gasteiger partial charge in [0.05, 0.1) is 0 Å². The first-order valence-corrected chi connectivity index (χ1v) is 7.61. The Balaban J connectivity index is 1.69. The number of rotatable bonds is 3. The van der Waals surface area contributed by atoms with Crippen molar-refractivity contribution in [3.63, 3.8) is 0 Å². The van der Waals surface area contributed by atoms with E-state index >= 15 is 0 Å². The number of hydrogen-bond donors (Lipinski definition) is 0. The van der Waals surface area contributed by atoms with Gasteiger partial charge in [-0.25, -0.2) is 0 Å². The van der Waals surface area contributed by atoms with Crippen molar-refractivity contribution in [3.8, 4) is 0 Å². The van der Waals surface area contributed by atoms with Crippen molar-refractivity contribution in [2.75, 3.05) is 6.54 Å². The largest absolute Gasteiger partial charge is 0.462 e. The molecule has 3 rings (SSSR count). The maximum atomic E-state index is 11.1. The fraction of sp³-hybridized carbons (Fsp3) is 0.588. The molecule has 20 heavy (non-hydrogen) atoms. The summed E-state index contributed by atoms with van der Waals surface area (Å²) >= 11 is 0. The van der Waals surface area contributed by atoms with E-state index in [0.29, 0.717) is 18.0 Å². The van der Waals surface area contributed by atoms with Crippen LogP contribution in [0, 0.1) is 5.92 Å². The van der Waals surface area contributed by atoms with Gasteiger partial charge in [0.1, 0.15) is 6.10 Å². The normalized spacial score (nSPS) is 31.0. The molecule has 1 aromatic carbocycles. The number of nitrogens with zero attached hydrogens (tertiary/aromatic N) is 1. The van der Waals surface area contributed by atoms with Gasteiger partial charge in [-0.3, -0.25) is 9.69 Å². The average Bonchev–Trinajstić information content (AvgIpc) is 2.73. The second-order valence-electron chi connectivity index (χ2n) is 6.24. The molecule has 1 unspecified atom stereocenters. The number of likely N-dealkylation sites (tertiary alicyclic amines) is 1. The van der Waals surface area contributed by atoms with Gasteiger partial charge in [0.2, 0.25) is 0 Å². The molecule has 1 aliphatic heterocycles. The molecule has 0 radical (unpaired) electrons. The molecular formula is C17H23NO2. The zero-order valence-corrected chi connectivity index (χ0v) is 12.3. The quantitative estimate of drug-likeness (QED) is 0.792. The number of benzene rings is 1. The first-order valence-electron chi connectivity index (χ1n) is 7.61. The summed E-state index contributed by atoms with van der Waals surface area (Å²) in [5, 5.41) is 0. The fourth-order valence-electron chi connectivity index (χ4n) is 3.94. The Labute approximate surface area is 120 Å². The SMILES string of the molecule is CC(=O)O[C@@H]1C[C@@H]2C[C@H](C1)N(C(C)c1ccccc1)C2. The smallest absolute Gasteiger partial charge is 0.302 e. The van der Waals surface area contributed by atoms with Gasteiger partial charge >= 0.3 is 5.97 Å². The highest BCUT2D eigenvalue weighted by Gasteiger charge is 2.42. The summed E-state index contributed by atoms with van der Waals surface area (Å²) in [6.07, 6.45) is 3.42. The lowest BCUT2D eigenvalue weighted by Crippen LogP contribution is -2.35. The van der Waals surface area contributed by atoms with Crippen LogP contribution in [0.2, 0.25) is 0 Å². The van der Waals surface area contributed by atoms with Crippen molar-refractivity contribution in [1.29, 1.82) is 0 Å². The highest BCUT2D eigenvalue weighted by Crippen LogP contribution is 2.41. The Kier molecular flexibility index (Phi) is 3.79. The van der Waals surface area contributed by atoms with Crippen LogP contribution in [0.1, 0.15) is 44.7 Å². The zero-order chi connectivity index (χ0) is 14.1. The van der Waals surface area contributed by atoms with E-state index < -0.39 is 0 Å². The van der Waals surface area contributed by atoms with Crippen molar-refractivity contribution in [2.24, 2.45) is 5.92 Å². The van der Waals surface area contributed by atoms with Crippen LogP contribution in [0.5, 0.6) is 0 Å². The highest BCUT2D eigenvalue weighted by molar-refractivity contribution is 5.66. The third-order valence-corrected chi connectivity index (χ3v) is 4.79. The third kappa shape index (κ3) is 2.73. The predicted octanol–water partition coefficient (Wildman–Crippen LogP) is 3.16. The Morgan fingerprint density at radius 3 is 2.70 bits per heavy atom. The summed E-state index contributed by atoms with van der Waals surface area (Å²) in [5.41, 5.74) is 1.38. The van der Waals surface area contributed by atoms with Gasteiger partial charge in [0, 0.05) is 25.6 Å². The first kappa shape index (κ1) is 13.6. The molecule has 1 saturated heterocycles. The highest BCUT2D eigenvalue weighted by atomic mass is 16.5. The molecule has 0 spiro atoms. The van der Waals surface area contributed by atoms with Crippen LogP contribution < -0.4 is 0 Å². The van der Waals surface area contributed by atoms with E-state index in [2.05, 4.69) is 42.2 Å². The maximum absolute atomic E-state index is 11.1. The fourth-order valence-corrected chi connectivity index (χ4v) is 3.94. The Bertz CT molecular complexity index is 473. The molecule has 2 aliphatic rings. The predicted molar refractivity (Wildman–Crippen MR) is 78.2 cm³/mol. The van der Waals surface area contributed by atoms with Crippen molar-refractivity contribution >= 4 is 5.97 Å². The summed E-state index contributed by atoms with van der Waals surface area (Å²) in [5.74, 6) is 0.545. The second-order valence-corrected chi connectivity index (χ2v) is 6.24. The number of ether oxygens (including phenoxy) is 1. The van der Waals surface area contributed by atoms with E-state index in [1.54, 1.807) is 0 Å². The average molecular weight is 273 g/mol. The standard InChI is InChI=1S/C17H23NO2/c1-12(15-6-4-3-5-7-15)18-11-14-8-16(18)10-17(9-14)20-13(2)19/h3-7,12,14,16-17H,8-11H2,1-2H3/t12?,14-,16+,17+/m0/s1. The van der Waals surface area contributed by atoms with Crippen LogP contribution in [0.15, 0.2) is 30.3 Å². The Morgan fingerprint density at radius 1 is 1.25 bits per heavy atom. The molecule has 2 fully saturated rings. The third-order valence-electron chi connectivity index (χ3n) is 4.79. The molecular weight excluding hydrogens is 250 g/mol. The van der Waals surface area contributed by atoms with E-state index in [1.165, 1.54) is 18.9 Å². The minimum absolute atomic E-state index is 0.129. The molecule has 108 valence electrons. The number of hydrogen-bond acceptors (Lipinski definition) is 3. The summed E-state index contributed by atoms with van der Waals surface area (Å²) in [4.78, 5) is 13.7. The Morgan fingerprint density at radius 2 is 2.00 bits per heavy atom. The van der Waals surface area contributed by atoms with Crippen LogP contribution in [-0.2, 0) is 9.53 Å². The van der Waals surface area contributed by atoms with E-state index in [1.807, 2.05) is 0 Å². The Hall–Kier alpha value is -1.35. The lowest BCUT2D eigenvalue weighted by molar-refractivity contribution is -0.148. The summed E-state index contributed by atoms with van der Waals surface area (Å²) < 4.78 is 5.44. The van der Waals surface area contributed by atoms with Gasteiger partial charge in [-0.1, -0.05) is 30.3 Å². The molecule has 3 nitrogen and oxygen atoms in total. The van der Waals surface area contributed by atoms with Crippen LogP contribution in [0.4, 0.5) is 0 Å². The van der Waals surface area contributed by atoms with Gasteiger partial charge < -0.3 is 4.74 Å². The van der Waals surface area contributed by atoms with Crippen LogP contribution in [-0.4, -0.2) is 29.6 Å². The number of carbonyl (C=O) groups is 1. The molecule has 0 aromatic heterocycles. The first-order chi connectivity index (χ1) is 9.63. The molecule has 2 bridgehead atoms. The van der Waals surface area contributed by atoms with E-state index in [-0.39, 0.29) is 12.1 Å². The van der Waals surface area contributed by atoms with Gasteiger partial charge in [-0.05, 0) is 37.7 Å². The molecule has 1 aromatic rings. The topological polar surface area (TPSA) is 29.5 Å². The number of carbonyl (C=O) groups excluding carboxylic acids is 1. The van der Waals surface area contributed by atoms with E-state index in [0.717, 1.165) is 19.4 Å². The molecule has 3 heteroatoms. The van der Waals surface area contributed by atoms with Crippen molar-refractivity contribution in [3.05, 3.63) is 35.9 Å². The lowest BCUT2D eigenvalue weighted by Gasteiger charge is -2.32. The molecule has 1 saturated carbocycles. The summed E-state index contributed by atoms with van der Waals surface area (Å²) in [6.45, 7) is 4.94. The van der Waals surface area contributed by atoms with Gasteiger partial charge in [-0.15, -0.1) is 0 Å². The maximum Gasteiger partial charge on any atom is 0.302 e. The van der Waals surface area contributed by atoms with Crippen molar-refractivity contribution < 1.29 is 9.53 Å². The zero-order valence-electron chi connectivity index (χ0n) is 12.3. The van der Waals surface area contributed by atoms with E-state index in [4.69, 9.17) is 4.74 Å². The van der Waals surface area contributed by atoms with Crippen LogP contribution in [0.3, 0.4) is 0 Å². The minimum atomic E-state index is -0.140. The molecule has 0 N–H and O–H groups in total. The molecule has 1 aliphatic carbocycles. The van der Waals surface area contributed by atoms with Gasteiger partial charge in [-0.2, -0.15) is 0 Å². The van der Waals surface area contributed by atoms with E-state index in [9.17, 15) is 4.79 Å². The number of fused-ring (bicyclic) bond motifs is 2. The summed E-state index contributed by atoms with van der Waals surface area (Å²) in [6, 6.07) is 11.7. The lowest BCUT2D eigenvalue weighted by atomic mass is 9.88. The summed E-state index contributed by atoms with van der Waals surface area (Å²) in [7, 11) is 0. The molecule has 1 heterocycles. The van der Waals surface area contributed by atoms with Gasteiger partial charge in [0.15, 0.2) is 0 Å². The number of esters is 1. The monoisotopic (exact) mass is 273 g/mol. The van der Waals surface area contributed by atoms with Crippen LogP contribution >= 0.6 is 0 Å².